The fourth-order valence-electron chi connectivity index (χ4n) is 3.72. The summed E-state index contributed by atoms with van der Waals surface area (Å²) in [7, 11) is 0. The number of rotatable bonds is 3. The molecule has 0 N–H and O–H groups in total. The highest BCUT2D eigenvalue weighted by atomic mass is 79.9. The molecule has 0 spiro atoms. The molecule has 0 saturated carbocycles. The standard InChI is InChI=1S/C20H20BrN3O2/c21-16-8-4-5-9-17(16)24-19(25)14-18(20(24)26)23-12-10-22(11-13-23)15-6-2-1-3-7-15/h1-9,18H,10-14H2. The van der Waals surface area contributed by atoms with E-state index in [9.17, 15) is 9.59 Å². The van der Waals surface area contributed by atoms with Crippen molar-refractivity contribution in [2.75, 3.05) is 36.0 Å². The minimum absolute atomic E-state index is 0.116. The van der Waals surface area contributed by atoms with Crippen molar-refractivity contribution in [2.45, 2.75) is 12.5 Å². The molecule has 0 bridgehead atoms. The van der Waals surface area contributed by atoms with E-state index in [1.807, 2.05) is 36.4 Å². The lowest BCUT2D eigenvalue weighted by molar-refractivity contribution is -0.123. The zero-order chi connectivity index (χ0) is 18.1. The molecule has 5 nitrogen and oxygen atoms in total. The van der Waals surface area contributed by atoms with E-state index < -0.39 is 0 Å². The second kappa shape index (κ2) is 7.21. The van der Waals surface area contributed by atoms with E-state index in [0.717, 1.165) is 30.7 Å². The fraction of sp³-hybridized carbons (Fsp3) is 0.300. The molecule has 1 atom stereocenters. The molecule has 2 heterocycles. The first-order valence-electron chi connectivity index (χ1n) is 8.80. The molecule has 0 aliphatic carbocycles. The smallest absolute Gasteiger partial charge is 0.251 e. The summed E-state index contributed by atoms with van der Waals surface area (Å²) >= 11 is 3.44. The van der Waals surface area contributed by atoms with Gasteiger partial charge in [0.05, 0.1) is 18.2 Å². The van der Waals surface area contributed by atoms with Gasteiger partial charge < -0.3 is 4.90 Å². The van der Waals surface area contributed by atoms with E-state index in [1.165, 1.54) is 10.6 Å². The number of halogens is 1. The maximum atomic E-state index is 12.9. The quantitative estimate of drug-likeness (QED) is 0.725. The highest BCUT2D eigenvalue weighted by molar-refractivity contribution is 9.10. The summed E-state index contributed by atoms with van der Waals surface area (Å²) in [5.74, 6) is -0.243. The first-order valence-corrected chi connectivity index (χ1v) is 9.60. The SMILES string of the molecule is O=C1CC(N2CCN(c3ccccc3)CC2)C(=O)N1c1ccccc1Br. The van der Waals surface area contributed by atoms with E-state index in [4.69, 9.17) is 0 Å². The Labute approximate surface area is 161 Å². The predicted molar refractivity (Wildman–Crippen MR) is 105 cm³/mol. The Morgan fingerprint density at radius 2 is 1.50 bits per heavy atom. The van der Waals surface area contributed by atoms with Crippen molar-refractivity contribution < 1.29 is 9.59 Å². The topological polar surface area (TPSA) is 43.9 Å². The zero-order valence-electron chi connectivity index (χ0n) is 14.3. The average molecular weight is 414 g/mol. The van der Waals surface area contributed by atoms with Gasteiger partial charge in [-0.1, -0.05) is 30.3 Å². The van der Waals surface area contributed by atoms with Gasteiger partial charge in [-0.25, -0.2) is 4.90 Å². The number of hydrogen-bond donors (Lipinski definition) is 0. The molecule has 1 unspecified atom stereocenters. The molecule has 2 amide bonds. The van der Waals surface area contributed by atoms with Crippen molar-refractivity contribution in [3.05, 3.63) is 59.1 Å². The zero-order valence-corrected chi connectivity index (χ0v) is 15.9. The van der Waals surface area contributed by atoms with Crippen molar-refractivity contribution in [2.24, 2.45) is 0 Å². The van der Waals surface area contributed by atoms with Crippen LogP contribution in [0.4, 0.5) is 11.4 Å². The summed E-state index contributed by atoms with van der Waals surface area (Å²) in [5.41, 5.74) is 1.84. The monoisotopic (exact) mass is 413 g/mol. The molecular weight excluding hydrogens is 394 g/mol. The Kier molecular flexibility index (Phi) is 4.78. The lowest BCUT2D eigenvalue weighted by Crippen LogP contribution is -2.52. The van der Waals surface area contributed by atoms with Gasteiger partial charge >= 0.3 is 0 Å². The Hall–Kier alpha value is -2.18. The summed E-state index contributed by atoms with van der Waals surface area (Å²) in [5, 5.41) is 0. The van der Waals surface area contributed by atoms with E-state index in [1.54, 1.807) is 6.07 Å². The van der Waals surface area contributed by atoms with E-state index in [2.05, 4.69) is 37.9 Å². The number of imide groups is 1. The normalized spacial score (nSPS) is 21.5. The van der Waals surface area contributed by atoms with Gasteiger partial charge in [0.15, 0.2) is 0 Å². The van der Waals surface area contributed by atoms with Gasteiger partial charge in [0.25, 0.3) is 5.91 Å². The largest absolute Gasteiger partial charge is 0.369 e. The average Bonchev–Trinajstić information content (AvgIpc) is 2.97. The molecule has 0 aromatic heterocycles. The van der Waals surface area contributed by atoms with Gasteiger partial charge in [-0.3, -0.25) is 14.5 Å². The van der Waals surface area contributed by atoms with Crippen LogP contribution in [0, 0.1) is 0 Å². The van der Waals surface area contributed by atoms with Crippen molar-refractivity contribution in [3.63, 3.8) is 0 Å². The second-order valence-electron chi connectivity index (χ2n) is 6.60. The lowest BCUT2D eigenvalue weighted by Gasteiger charge is -2.38. The van der Waals surface area contributed by atoms with Gasteiger partial charge in [-0.2, -0.15) is 0 Å². The Bertz CT molecular complexity index is 819. The molecule has 26 heavy (non-hydrogen) atoms. The number of hydrogen-bond acceptors (Lipinski definition) is 4. The van der Waals surface area contributed by atoms with E-state index >= 15 is 0 Å². The number of anilines is 2. The number of nitrogens with zero attached hydrogens (tertiary/aromatic N) is 3. The van der Waals surface area contributed by atoms with Crippen LogP contribution in [0.5, 0.6) is 0 Å². The minimum Gasteiger partial charge on any atom is -0.369 e. The highest BCUT2D eigenvalue weighted by Crippen LogP contribution is 2.32. The highest BCUT2D eigenvalue weighted by Gasteiger charge is 2.43. The molecule has 6 heteroatoms. The van der Waals surface area contributed by atoms with Gasteiger partial charge in [-0.15, -0.1) is 0 Å². The molecule has 2 aliphatic heterocycles. The molecular formula is C20H20BrN3O2. The maximum Gasteiger partial charge on any atom is 0.251 e. The van der Waals surface area contributed by atoms with Crippen LogP contribution in [0.3, 0.4) is 0 Å². The van der Waals surface area contributed by atoms with Crippen LogP contribution in [-0.2, 0) is 9.59 Å². The molecule has 2 fully saturated rings. The maximum absolute atomic E-state index is 12.9. The van der Waals surface area contributed by atoms with E-state index in [0.29, 0.717) is 5.69 Å². The van der Waals surface area contributed by atoms with E-state index in [-0.39, 0.29) is 24.3 Å². The summed E-state index contributed by atoms with van der Waals surface area (Å²) < 4.78 is 0.760. The minimum atomic E-state index is -0.354. The third kappa shape index (κ3) is 3.15. The molecule has 2 saturated heterocycles. The van der Waals surface area contributed by atoms with Crippen LogP contribution in [-0.4, -0.2) is 48.9 Å². The van der Waals surface area contributed by atoms with Crippen molar-refractivity contribution >= 4 is 39.1 Å². The van der Waals surface area contributed by atoms with Crippen molar-refractivity contribution in [3.8, 4) is 0 Å². The molecule has 0 radical (unpaired) electrons. The first kappa shape index (κ1) is 17.2. The van der Waals surface area contributed by atoms with Crippen LogP contribution in [0.1, 0.15) is 6.42 Å². The van der Waals surface area contributed by atoms with Crippen LogP contribution in [0.25, 0.3) is 0 Å². The number of amides is 2. The molecule has 2 aromatic carbocycles. The van der Waals surface area contributed by atoms with Gasteiger partial charge in [0.2, 0.25) is 5.91 Å². The van der Waals surface area contributed by atoms with Gasteiger partial charge in [0, 0.05) is 36.3 Å². The Morgan fingerprint density at radius 1 is 0.846 bits per heavy atom. The predicted octanol–water partition coefficient (Wildman–Crippen LogP) is 2.90. The summed E-state index contributed by atoms with van der Waals surface area (Å²) in [6.07, 6.45) is 0.255. The van der Waals surface area contributed by atoms with Crippen LogP contribution in [0.15, 0.2) is 59.1 Å². The summed E-state index contributed by atoms with van der Waals surface area (Å²) in [6.45, 7) is 3.28. The third-order valence-corrected chi connectivity index (χ3v) is 5.76. The molecule has 2 aromatic rings. The fourth-order valence-corrected chi connectivity index (χ4v) is 4.18. The number of piperazine rings is 1. The molecule has 2 aliphatic rings. The number of carbonyl (C=O) groups is 2. The van der Waals surface area contributed by atoms with Crippen LogP contribution < -0.4 is 9.80 Å². The molecule has 134 valence electrons. The lowest BCUT2D eigenvalue weighted by atomic mass is 10.1. The van der Waals surface area contributed by atoms with Crippen LogP contribution in [0.2, 0.25) is 0 Å². The summed E-state index contributed by atoms with van der Waals surface area (Å²) in [4.78, 5) is 31.3. The number of para-hydroxylation sites is 2. The van der Waals surface area contributed by atoms with Crippen molar-refractivity contribution in [1.82, 2.24) is 4.90 Å². The third-order valence-electron chi connectivity index (χ3n) is 5.09. The number of benzene rings is 2. The summed E-state index contributed by atoms with van der Waals surface area (Å²) in [6, 6.07) is 17.3. The second-order valence-corrected chi connectivity index (χ2v) is 7.45. The molecule has 4 rings (SSSR count). The van der Waals surface area contributed by atoms with Crippen molar-refractivity contribution in [1.29, 1.82) is 0 Å². The first-order chi connectivity index (χ1) is 12.6. The Balaban J connectivity index is 1.46. The van der Waals surface area contributed by atoms with Gasteiger partial charge in [-0.05, 0) is 40.2 Å². The van der Waals surface area contributed by atoms with Crippen LogP contribution >= 0.6 is 15.9 Å². The number of carbonyl (C=O) groups excluding carboxylic acids is 2. The van der Waals surface area contributed by atoms with Gasteiger partial charge in [0.1, 0.15) is 0 Å². The Morgan fingerprint density at radius 3 is 2.19 bits per heavy atom.